The summed E-state index contributed by atoms with van der Waals surface area (Å²) in [5, 5.41) is 0. The summed E-state index contributed by atoms with van der Waals surface area (Å²) in [5.41, 5.74) is 6.92. The molecular formula is C13H19FN2O. The van der Waals surface area contributed by atoms with E-state index in [0.29, 0.717) is 12.2 Å². The van der Waals surface area contributed by atoms with Crippen molar-refractivity contribution < 1.29 is 9.13 Å². The Balaban J connectivity index is 2.23. The summed E-state index contributed by atoms with van der Waals surface area (Å²) in [4.78, 5) is 2.18. The highest BCUT2D eigenvalue weighted by atomic mass is 19.1. The van der Waals surface area contributed by atoms with Crippen molar-refractivity contribution in [2.75, 3.05) is 18.1 Å². The number of nitrogens with zero attached hydrogens (tertiary/aromatic N) is 1. The third-order valence-electron chi connectivity index (χ3n) is 3.20. The summed E-state index contributed by atoms with van der Waals surface area (Å²) in [5.74, 6) is -0.226. The number of hydrogen-bond acceptors (Lipinski definition) is 3. The lowest BCUT2D eigenvalue weighted by Gasteiger charge is -2.38. The summed E-state index contributed by atoms with van der Waals surface area (Å²) in [6, 6.07) is 5.53. The number of halogens is 1. The van der Waals surface area contributed by atoms with Crippen molar-refractivity contribution in [2.24, 2.45) is 5.73 Å². The highest BCUT2D eigenvalue weighted by Crippen LogP contribution is 2.23. The van der Waals surface area contributed by atoms with Crippen LogP contribution in [0.1, 0.15) is 19.4 Å². The molecule has 94 valence electrons. The van der Waals surface area contributed by atoms with Crippen LogP contribution in [0, 0.1) is 5.82 Å². The monoisotopic (exact) mass is 238 g/mol. The molecule has 4 heteroatoms. The fourth-order valence-electron chi connectivity index (χ4n) is 2.14. The molecule has 1 aromatic rings. The molecule has 1 saturated heterocycles. The predicted octanol–water partition coefficient (Wildman–Crippen LogP) is 1.90. The molecule has 0 bridgehead atoms. The van der Waals surface area contributed by atoms with Crippen LogP contribution in [0.2, 0.25) is 0 Å². The van der Waals surface area contributed by atoms with Gasteiger partial charge >= 0.3 is 0 Å². The first-order valence-corrected chi connectivity index (χ1v) is 5.98. The lowest BCUT2D eigenvalue weighted by molar-refractivity contribution is 0.0343. The normalized spacial score (nSPS) is 25.1. The fourth-order valence-corrected chi connectivity index (χ4v) is 2.14. The van der Waals surface area contributed by atoms with Crippen molar-refractivity contribution in [1.82, 2.24) is 0 Å². The van der Waals surface area contributed by atoms with E-state index in [4.69, 9.17) is 10.5 Å². The molecule has 1 fully saturated rings. The van der Waals surface area contributed by atoms with Gasteiger partial charge in [0.25, 0.3) is 0 Å². The molecule has 0 radical (unpaired) electrons. The second-order valence-corrected chi connectivity index (χ2v) is 4.63. The zero-order valence-corrected chi connectivity index (χ0v) is 10.3. The van der Waals surface area contributed by atoms with Gasteiger partial charge in [-0.2, -0.15) is 0 Å². The molecule has 0 amide bonds. The molecule has 0 aliphatic carbocycles. The standard InChI is InChI=1S/C13H19FN2O/c1-9-8-17-10(2)7-16(9)12-4-3-11(6-15)13(14)5-12/h3-5,9-10H,6-8,15H2,1-2H3. The first kappa shape index (κ1) is 12.3. The Bertz CT molecular complexity index is 397. The van der Waals surface area contributed by atoms with Crippen molar-refractivity contribution >= 4 is 5.69 Å². The molecule has 2 rings (SSSR count). The van der Waals surface area contributed by atoms with Gasteiger partial charge in [-0.05, 0) is 26.0 Å². The van der Waals surface area contributed by atoms with E-state index in [0.717, 1.165) is 12.2 Å². The van der Waals surface area contributed by atoms with E-state index >= 15 is 0 Å². The van der Waals surface area contributed by atoms with Crippen LogP contribution in [0.4, 0.5) is 10.1 Å². The number of rotatable bonds is 2. The second-order valence-electron chi connectivity index (χ2n) is 4.63. The highest BCUT2D eigenvalue weighted by Gasteiger charge is 2.24. The Kier molecular flexibility index (Phi) is 3.64. The Morgan fingerprint density at radius 2 is 2.24 bits per heavy atom. The largest absolute Gasteiger partial charge is 0.375 e. The van der Waals surface area contributed by atoms with E-state index in [-0.39, 0.29) is 24.5 Å². The van der Waals surface area contributed by atoms with Crippen molar-refractivity contribution in [3.8, 4) is 0 Å². The van der Waals surface area contributed by atoms with E-state index in [1.165, 1.54) is 0 Å². The molecular weight excluding hydrogens is 219 g/mol. The van der Waals surface area contributed by atoms with Crippen LogP contribution in [0.5, 0.6) is 0 Å². The summed E-state index contributed by atoms with van der Waals surface area (Å²) < 4.78 is 19.3. The molecule has 2 unspecified atom stereocenters. The molecule has 0 spiro atoms. The minimum Gasteiger partial charge on any atom is -0.375 e. The average Bonchev–Trinajstić information content (AvgIpc) is 2.32. The number of nitrogens with two attached hydrogens (primary N) is 1. The molecule has 2 N–H and O–H groups in total. The minimum absolute atomic E-state index is 0.184. The fraction of sp³-hybridized carbons (Fsp3) is 0.538. The average molecular weight is 238 g/mol. The summed E-state index contributed by atoms with van der Waals surface area (Å²) >= 11 is 0. The van der Waals surface area contributed by atoms with E-state index < -0.39 is 0 Å². The first-order chi connectivity index (χ1) is 8.11. The Labute approximate surface area is 101 Å². The van der Waals surface area contributed by atoms with Crippen molar-refractivity contribution in [2.45, 2.75) is 32.5 Å². The highest BCUT2D eigenvalue weighted by molar-refractivity contribution is 5.49. The zero-order valence-electron chi connectivity index (χ0n) is 10.3. The Morgan fingerprint density at radius 1 is 1.47 bits per heavy atom. The molecule has 1 aliphatic rings. The quantitative estimate of drug-likeness (QED) is 0.855. The topological polar surface area (TPSA) is 38.5 Å². The van der Waals surface area contributed by atoms with Gasteiger partial charge in [0.05, 0.1) is 12.7 Å². The van der Waals surface area contributed by atoms with Crippen molar-refractivity contribution in [3.05, 3.63) is 29.6 Å². The van der Waals surface area contributed by atoms with Gasteiger partial charge in [-0.1, -0.05) is 6.07 Å². The third-order valence-corrected chi connectivity index (χ3v) is 3.20. The number of hydrogen-bond donors (Lipinski definition) is 1. The minimum atomic E-state index is -0.226. The SMILES string of the molecule is CC1CN(c2ccc(CN)c(F)c2)C(C)CO1. The molecule has 1 heterocycles. The maximum Gasteiger partial charge on any atom is 0.129 e. The number of benzene rings is 1. The van der Waals surface area contributed by atoms with E-state index in [1.54, 1.807) is 12.1 Å². The lowest BCUT2D eigenvalue weighted by atomic mass is 10.1. The van der Waals surface area contributed by atoms with Gasteiger partial charge in [0.15, 0.2) is 0 Å². The first-order valence-electron chi connectivity index (χ1n) is 5.98. The van der Waals surface area contributed by atoms with Crippen LogP contribution in [-0.4, -0.2) is 25.3 Å². The van der Waals surface area contributed by atoms with Crippen LogP contribution in [-0.2, 0) is 11.3 Å². The summed E-state index contributed by atoms with van der Waals surface area (Å²) in [6.07, 6.45) is 0.184. The van der Waals surface area contributed by atoms with Gasteiger partial charge in [-0.15, -0.1) is 0 Å². The van der Waals surface area contributed by atoms with Gasteiger partial charge in [0.2, 0.25) is 0 Å². The maximum atomic E-state index is 13.7. The lowest BCUT2D eigenvalue weighted by Crippen LogP contribution is -2.47. The second kappa shape index (κ2) is 5.02. The van der Waals surface area contributed by atoms with Crippen LogP contribution in [0.3, 0.4) is 0 Å². The molecule has 2 atom stereocenters. The summed E-state index contributed by atoms with van der Waals surface area (Å²) in [6.45, 7) is 5.83. The summed E-state index contributed by atoms with van der Waals surface area (Å²) in [7, 11) is 0. The molecule has 3 nitrogen and oxygen atoms in total. The van der Waals surface area contributed by atoms with Crippen LogP contribution in [0.15, 0.2) is 18.2 Å². The Morgan fingerprint density at radius 3 is 2.88 bits per heavy atom. The molecule has 0 saturated carbocycles. The zero-order chi connectivity index (χ0) is 12.4. The van der Waals surface area contributed by atoms with Crippen molar-refractivity contribution in [1.29, 1.82) is 0 Å². The van der Waals surface area contributed by atoms with E-state index in [2.05, 4.69) is 11.8 Å². The molecule has 1 aliphatic heterocycles. The van der Waals surface area contributed by atoms with Gasteiger partial charge in [-0.3, -0.25) is 0 Å². The van der Waals surface area contributed by atoms with Crippen LogP contribution < -0.4 is 10.6 Å². The smallest absolute Gasteiger partial charge is 0.129 e. The number of morpholine rings is 1. The number of anilines is 1. The van der Waals surface area contributed by atoms with Gasteiger partial charge in [-0.25, -0.2) is 4.39 Å². The van der Waals surface area contributed by atoms with Crippen LogP contribution >= 0.6 is 0 Å². The van der Waals surface area contributed by atoms with Gasteiger partial charge in [0.1, 0.15) is 5.82 Å². The molecule has 1 aromatic carbocycles. The Hall–Kier alpha value is -1.13. The molecule has 0 aromatic heterocycles. The molecule has 17 heavy (non-hydrogen) atoms. The van der Waals surface area contributed by atoms with E-state index in [9.17, 15) is 4.39 Å². The van der Waals surface area contributed by atoms with Gasteiger partial charge < -0.3 is 15.4 Å². The predicted molar refractivity (Wildman–Crippen MR) is 66.5 cm³/mol. The number of ether oxygens (including phenoxy) is 1. The van der Waals surface area contributed by atoms with E-state index in [1.807, 2.05) is 13.0 Å². The third kappa shape index (κ3) is 2.58. The van der Waals surface area contributed by atoms with Crippen molar-refractivity contribution in [3.63, 3.8) is 0 Å². The van der Waals surface area contributed by atoms with Crippen LogP contribution in [0.25, 0.3) is 0 Å². The maximum absolute atomic E-state index is 13.7. The van der Waals surface area contributed by atoms with Gasteiger partial charge in [0, 0.05) is 30.4 Å².